The Morgan fingerprint density at radius 3 is 3.00 bits per heavy atom. The van der Waals surface area contributed by atoms with Crippen molar-refractivity contribution in [2.75, 3.05) is 18.0 Å². The lowest BCUT2D eigenvalue weighted by Gasteiger charge is -2.32. The second kappa shape index (κ2) is 5.24. The standard InChI is InChI=1S/C11H13F2N3O2/c12-9(13)7-2-1-5-16(6-7)11-14-4-3-8(15-11)10(17)18/h3-4,7,9H,1-2,5-6H2,(H,17,18). The highest BCUT2D eigenvalue weighted by Gasteiger charge is 2.28. The van der Waals surface area contributed by atoms with E-state index in [9.17, 15) is 13.6 Å². The molecule has 0 amide bonds. The highest BCUT2D eigenvalue weighted by molar-refractivity contribution is 5.85. The first-order chi connectivity index (χ1) is 8.58. The molecule has 0 aromatic carbocycles. The molecule has 5 nitrogen and oxygen atoms in total. The van der Waals surface area contributed by atoms with Crippen molar-refractivity contribution >= 4 is 11.9 Å². The molecular formula is C11H13F2N3O2. The van der Waals surface area contributed by atoms with Crippen molar-refractivity contribution in [3.05, 3.63) is 18.0 Å². The summed E-state index contributed by atoms with van der Waals surface area (Å²) >= 11 is 0. The number of carbonyl (C=O) groups is 1. The fourth-order valence-corrected chi connectivity index (χ4v) is 2.02. The molecule has 1 aliphatic heterocycles. The number of piperidine rings is 1. The van der Waals surface area contributed by atoms with Crippen LogP contribution in [0.2, 0.25) is 0 Å². The zero-order chi connectivity index (χ0) is 13.1. The van der Waals surface area contributed by atoms with Gasteiger partial charge in [0.1, 0.15) is 0 Å². The number of aromatic nitrogens is 2. The Morgan fingerprint density at radius 1 is 1.56 bits per heavy atom. The van der Waals surface area contributed by atoms with Crippen molar-refractivity contribution in [2.45, 2.75) is 19.3 Å². The van der Waals surface area contributed by atoms with Crippen LogP contribution in [-0.2, 0) is 0 Å². The Labute approximate surface area is 102 Å². The highest BCUT2D eigenvalue weighted by Crippen LogP contribution is 2.24. The quantitative estimate of drug-likeness (QED) is 0.892. The molecule has 2 heterocycles. The number of carboxylic acid groups (broad SMARTS) is 1. The van der Waals surface area contributed by atoms with E-state index in [4.69, 9.17) is 5.11 Å². The van der Waals surface area contributed by atoms with Crippen LogP contribution < -0.4 is 4.90 Å². The molecule has 1 atom stereocenters. The zero-order valence-corrected chi connectivity index (χ0v) is 9.59. The molecule has 0 bridgehead atoms. The van der Waals surface area contributed by atoms with Crippen LogP contribution in [0.1, 0.15) is 23.3 Å². The first kappa shape index (κ1) is 12.7. The van der Waals surface area contributed by atoms with Crippen molar-refractivity contribution < 1.29 is 18.7 Å². The molecule has 1 N–H and O–H groups in total. The topological polar surface area (TPSA) is 66.3 Å². The van der Waals surface area contributed by atoms with Crippen LogP contribution in [0.15, 0.2) is 12.3 Å². The van der Waals surface area contributed by atoms with E-state index in [0.717, 1.165) is 0 Å². The molecule has 1 aromatic rings. The molecular weight excluding hydrogens is 244 g/mol. The summed E-state index contributed by atoms with van der Waals surface area (Å²) in [5.74, 6) is -1.64. The summed E-state index contributed by atoms with van der Waals surface area (Å²) in [4.78, 5) is 20.2. The van der Waals surface area contributed by atoms with E-state index in [1.54, 1.807) is 4.90 Å². The van der Waals surface area contributed by atoms with Crippen LogP contribution in [0.3, 0.4) is 0 Å². The molecule has 0 aliphatic carbocycles. The van der Waals surface area contributed by atoms with Crippen molar-refractivity contribution in [1.82, 2.24) is 9.97 Å². The van der Waals surface area contributed by atoms with Gasteiger partial charge in [0.25, 0.3) is 0 Å². The summed E-state index contributed by atoms with van der Waals surface area (Å²) in [5, 5.41) is 8.82. The number of nitrogens with zero attached hydrogens (tertiary/aromatic N) is 3. The maximum absolute atomic E-state index is 12.7. The van der Waals surface area contributed by atoms with Crippen LogP contribution in [0, 0.1) is 5.92 Å². The third-order valence-electron chi connectivity index (χ3n) is 2.96. The highest BCUT2D eigenvalue weighted by atomic mass is 19.3. The minimum atomic E-state index is -2.37. The average Bonchev–Trinajstić information content (AvgIpc) is 2.39. The van der Waals surface area contributed by atoms with E-state index in [0.29, 0.717) is 19.4 Å². The maximum atomic E-state index is 12.7. The van der Waals surface area contributed by atoms with Gasteiger partial charge in [0, 0.05) is 25.2 Å². The van der Waals surface area contributed by atoms with Crippen molar-refractivity contribution in [3.63, 3.8) is 0 Å². The molecule has 0 spiro atoms. The largest absolute Gasteiger partial charge is 0.477 e. The lowest BCUT2D eigenvalue weighted by atomic mass is 9.99. The molecule has 98 valence electrons. The Balaban J connectivity index is 2.15. The molecule has 0 radical (unpaired) electrons. The van der Waals surface area contributed by atoms with Gasteiger partial charge in [-0.1, -0.05) is 0 Å². The Hall–Kier alpha value is -1.79. The lowest BCUT2D eigenvalue weighted by molar-refractivity contribution is 0.0673. The third kappa shape index (κ3) is 2.72. The number of alkyl halides is 2. The number of anilines is 1. The van der Waals surface area contributed by atoms with Gasteiger partial charge in [0.05, 0.1) is 0 Å². The number of halogens is 2. The number of rotatable bonds is 3. The summed E-state index contributed by atoms with van der Waals surface area (Å²) in [7, 11) is 0. The van der Waals surface area contributed by atoms with E-state index in [1.807, 2.05) is 0 Å². The molecule has 0 saturated carbocycles. The van der Waals surface area contributed by atoms with Crippen molar-refractivity contribution in [2.24, 2.45) is 5.92 Å². The monoisotopic (exact) mass is 257 g/mol. The van der Waals surface area contributed by atoms with E-state index < -0.39 is 18.3 Å². The van der Waals surface area contributed by atoms with Gasteiger partial charge in [-0.15, -0.1) is 0 Å². The molecule has 1 saturated heterocycles. The van der Waals surface area contributed by atoms with Crippen LogP contribution in [0.4, 0.5) is 14.7 Å². The van der Waals surface area contributed by atoms with Gasteiger partial charge in [-0.2, -0.15) is 0 Å². The summed E-state index contributed by atoms with van der Waals surface area (Å²) in [5.41, 5.74) is -0.126. The summed E-state index contributed by atoms with van der Waals surface area (Å²) < 4.78 is 25.3. The summed E-state index contributed by atoms with van der Waals surface area (Å²) in [6.07, 6.45) is 0.0794. The van der Waals surface area contributed by atoms with E-state index in [2.05, 4.69) is 9.97 Å². The van der Waals surface area contributed by atoms with Gasteiger partial charge in [-0.05, 0) is 18.9 Å². The van der Waals surface area contributed by atoms with Crippen LogP contribution >= 0.6 is 0 Å². The van der Waals surface area contributed by atoms with E-state index in [1.165, 1.54) is 12.3 Å². The van der Waals surface area contributed by atoms with Gasteiger partial charge in [-0.25, -0.2) is 23.5 Å². The van der Waals surface area contributed by atoms with Crippen molar-refractivity contribution in [3.8, 4) is 0 Å². The summed E-state index contributed by atoms with van der Waals surface area (Å²) in [6, 6.07) is 1.28. The van der Waals surface area contributed by atoms with E-state index >= 15 is 0 Å². The summed E-state index contributed by atoms with van der Waals surface area (Å²) in [6.45, 7) is 0.743. The Kier molecular flexibility index (Phi) is 3.69. The SMILES string of the molecule is O=C(O)c1ccnc(N2CCCC(C(F)F)C2)n1. The third-order valence-corrected chi connectivity index (χ3v) is 2.96. The van der Waals surface area contributed by atoms with Gasteiger partial charge >= 0.3 is 5.97 Å². The van der Waals surface area contributed by atoms with Gasteiger partial charge in [-0.3, -0.25) is 0 Å². The second-order valence-corrected chi connectivity index (χ2v) is 4.23. The molecule has 7 heteroatoms. The van der Waals surface area contributed by atoms with Crippen LogP contribution in [0.5, 0.6) is 0 Å². The van der Waals surface area contributed by atoms with Gasteiger partial charge < -0.3 is 10.0 Å². The molecule has 1 unspecified atom stereocenters. The minimum Gasteiger partial charge on any atom is -0.477 e. The maximum Gasteiger partial charge on any atom is 0.354 e. The smallest absolute Gasteiger partial charge is 0.354 e. The second-order valence-electron chi connectivity index (χ2n) is 4.23. The predicted molar refractivity (Wildman–Crippen MR) is 59.9 cm³/mol. The predicted octanol–water partition coefficient (Wildman–Crippen LogP) is 1.66. The Morgan fingerprint density at radius 2 is 2.33 bits per heavy atom. The fourth-order valence-electron chi connectivity index (χ4n) is 2.02. The Bertz CT molecular complexity index is 442. The molecule has 18 heavy (non-hydrogen) atoms. The van der Waals surface area contributed by atoms with Crippen LogP contribution in [-0.4, -0.2) is 40.6 Å². The minimum absolute atomic E-state index is 0.126. The van der Waals surface area contributed by atoms with E-state index in [-0.39, 0.29) is 18.2 Å². The van der Waals surface area contributed by atoms with Gasteiger partial charge in [0.2, 0.25) is 12.4 Å². The average molecular weight is 257 g/mol. The lowest BCUT2D eigenvalue weighted by Crippen LogP contribution is -2.39. The molecule has 2 rings (SSSR count). The number of aromatic carboxylic acids is 1. The van der Waals surface area contributed by atoms with Crippen molar-refractivity contribution in [1.29, 1.82) is 0 Å². The zero-order valence-electron chi connectivity index (χ0n) is 9.59. The number of hydrogen-bond acceptors (Lipinski definition) is 4. The fraction of sp³-hybridized carbons (Fsp3) is 0.545. The molecule has 1 fully saturated rings. The number of carboxylic acids is 1. The number of hydrogen-bond donors (Lipinski definition) is 1. The van der Waals surface area contributed by atoms with Crippen LogP contribution in [0.25, 0.3) is 0 Å². The molecule has 1 aliphatic rings. The normalized spacial score (nSPS) is 20.2. The molecule has 1 aromatic heterocycles. The first-order valence-electron chi connectivity index (χ1n) is 5.67. The first-order valence-corrected chi connectivity index (χ1v) is 5.67. The van der Waals surface area contributed by atoms with Gasteiger partial charge in [0.15, 0.2) is 5.69 Å².